The number of aliphatic hydroxyl groups is 1. The molecule has 0 bridgehead atoms. The summed E-state index contributed by atoms with van der Waals surface area (Å²) in [5.41, 5.74) is -0.730. The smallest absolute Gasteiger partial charge is 0.314 e. The molecule has 7 heteroatoms. The second-order valence-electron chi connectivity index (χ2n) is 2.95. The SMILES string of the molecule is CCC(O)Oc1c([N+](=O)[O-])ccc(F)c1F. The highest BCUT2D eigenvalue weighted by molar-refractivity contribution is 5.47. The highest BCUT2D eigenvalue weighted by Crippen LogP contribution is 2.32. The lowest BCUT2D eigenvalue weighted by Crippen LogP contribution is -2.16. The molecule has 0 saturated heterocycles. The first-order valence-electron chi connectivity index (χ1n) is 4.44. The van der Waals surface area contributed by atoms with Crippen molar-refractivity contribution in [3.05, 3.63) is 33.9 Å². The van der Waals surface area contributed by atoms with E-state index in [1.54, 1.807) is 0 Å². The second-order valence-corrected chi connectivity index (χ2v) is 2.95. The molecule has 0 amide bonds. The van der Waals surface area contributed by atoms with Gasteiger partial charge in [0.05, 0.1) is 4.92 Å². The van der Waals surface area contributed by atoms with E-state index in [-0.39, 0.29) is 6.42 Å². The second kappa shape index (κ2) is 4.84. The van der Waals surface area contributed by atoms with Crippen LogP contribution in [0.1, 0.15) is 13.3 Å². The number of hydrogen-bond donors (Lipinski definition) is 1. The number of rotatable bonds is 4. The molecule has 1 atom stereocenters. The maximum absolute atomic E-state index is 13.2. The van der Waals surface area contributed by atoms with Crippen LogP contribution in [0.3, 0.4) is 0 Å². The number of nitro benzene ring substituents is 1. The largest absolute Gasteiger partial charge is 0.455 e. The van der Waals surface area contributed by atoms with Crippen LogP contribution < -0.4 is 4.74 Å². The van der Waals surface area contributed by atoms with Gasteiger partial charge in [-0.15, -0.1) is 0 Å². The maximum atomic E-state index is 13.2. The van der Waals surface area contributed by atoms with Crippen LogP contribution in [0.2, 0.25) is 0 Å². The van der Waals surface area contributed by atoms with Crippen molar-refractivity contribution in [2.24, 2.45) is 0 Å². The molecule has 0 aromatic heterocycles. The van der Waals surface area contributed by atoms with E-state index in [1.807, 2.05) is 0 Å². The molecule has 1 aromatic rings. The Labute approximate surface area is 89.4 Å². The zero-order valence-corrected chi connectivity index (χ0v) is 8.31. The van der Waals surface area contributed by atoms with E-state index in [9.17, 15) is 18.9 Å². The normalized spacial score (nSPS) is 12.2. The van der Waals surface area contributed by atoms with Crippen molar-refractivity contribution in [2.75, 3.05) is 0 Å². The lowest BCUT2D eigenvalue weighted by Gasteiger charge is -2.12. The van der Waals surface area contributed by atoms with Crippen LogP contribution in [0.15, 0.2) is 12.1 Å². The number of aliphatic hydroxyl groups excluding tert-OH is 1. The minimum Gasteiger partial charge on any atom is -0.455 e. The molecule has 0 heterocycles. The summed E-state index contributed by atoms with van der Waals surface area (Å²) in [4.78, 5) is 9.59. The van der Waals surface area contributed by atoms with E-state index in [0.29, 0.717) is 6.07 Å². The number of ether oxygens (including phenoxy) is 1. The van der Waals surface area contributed by atoms with Crippen LogP contribution in [0, 0.1) is 21.7 Å². The first kappa shape index (κ1) is 12.3. The van der Waals surface area contributed by atoms with E-state index >= 15 is 0 Å². The van der Waals surface area contributed by atoms with Gasteiger partial charge in [0, 0.05) is 12.5 Å². The summed E-state index contributed by atoms with van der Waals surface area (Å²) in [7, 11) is 0. The van der Waals surface area contributed by atoms with E-state index < -0.39 is 34.3 Å². The summed E-state index contributed by atoms with van der Waals surface area (Å²) in [6.07, 6.45) is -1.33. The minimum absolute atomic E-state index is 0.0904. The first-order valence-corrected chi connectivity index (χ1v) is 4.44. The zero-order valence-electron chi connectivity index (χ0n) is 8.31. The van der Waals surface area contributed by atoms with Crippen molar-refractivity contribution in [1.29, 1.82) is 0 Å². The molecule has 0 radical (unpaired) electrons. The Morgan fingerprint density at radius 1 is 1.56 bits per heavy atom. The number of nitro groups is 1. The fourth-order valence-electron chi connectivity index (χ4n) is 0.997. The van der Waals surface area contributed by atoms with Gasteiger partial charge in [-0.2, -0.15) is 4.39 Å². The molecule has 1 rings (SSSR count). The predicted octanol–water partition coefficient (Wildman–Crippen LogP) is 1.98. The molecule has 0 spiro atoms. The van der Waals surface area contributed by atoms with Crippen LogP contribution in [0.4, 0.5) is 14.5 Å². The summed E-state index contributed by atoms with van der Waals surface area (Å²) in [6, 6.07) is 1.40. The minimum atomic E-state index is -1.48. The van der Waals surface area contributed by atoms with Gasteiger partial charge in [0.15, 0.2) is 12.1 Å². The van der Waals surface area contributed by atoms with Gasteiger partial charge in [-0.3, -0.25) is 10.1 Å². The van der Waals surface area contributed by atoms with E-state index in [0.717, 1.165) is 6.07 Å². The van der Waals surface area contributed by atoms with Crippen LogP contribution >= 0.6 is 0 Å². The summed E-state index contributed by atoms with van der Waals surface area (Å²) < 4.78 is 30.6. The summed E-state index contributed by atoms with van der Waals surface area (Å²) in [5, 5.41) is 19.6. The van der Waals surface area contributed by atoms with E-state index in [4.69, 9.17) is 5.11 Å². The Kier molecular flexibility index (Phi) is 3.73. The van der Waals surface area contributed by atoms with Crippen molar-refractivity contribution >= 4 is 5.69 Å². The molecule has 0 aliphatic rings. The Balaban J connectivity index is 3.21. The summed E-state index contributed by atoms with van der Waals surface area (Å²) >= 11 is 0. The Morgan fingerprint density at radius 2 is 2.19 bits per heavy atom. The molecule has 0 saturated carbocycles. The molecule has 1 unspecified atom stereocenters. The molecule has 5 nitrogen and oxygen atoms in total. The third-order valence-corrected chi connectivity index (χ3v) is 1.83. The summed E-state index contributed by atoms with van der Waals surface area (Å²) in [6.45, 7) is 1.52. The Morgan fingerprint density at radius 3 is 2.69 bits per heavy atom. The van der Waals surface area contributed by atoms with Crippen LogP contribution in [-0.4, -0.2) is 16.3 Å². The van der Waals surface area contributed by atoms with Crippen LogP contribution in [0.25, 0.3) is 0 Å². The van der Waals surface area contributed by atoms with Crippen LogP contribution in [0.5, 0.6) is 5.75 Å². The number of hydrogen-bond acceptors (Lipinski definition) is 4. The lowest BCUT2D eigenvalue weighted by molar-refractivity contribution is -0.386. The molecule has 88 valence electrons. The predicted molar refractivity (Wildman–Crippen MR) is 49.9 cm³/mol. The van der Waals surface area contributed by atoms with Gasteiger partial charge in [-0.05, 0) is 6.07 Å². The van der Waals surface area contributed by atoms with E-state index in [2.05, 4.69) is 4.74 Å². The molecule has 1 N–H and O–H groups in total. The van der Waals surface area contributed by atoms with Gasteiger partial charge in [-0.25, -0.2) is 4.39 Å². The molecule has 16 heavy (non-hydrogen) atoms. The summed E-state index contributed by atoms with van der Waals surface area (Å²) in [5.74, 6) is -3.65. The average molecular weight is 233 g/mol. The average Bonchev–Trinajstić information content (AvgIpc) is 2.24. The van der Waals surface area contributed by atoms with Crippen molar-refractivity contribution in [3.8, 4) is 5.75 Å². The Bertz CT molecular complexity index is 411. The van der Waals surface area contributed by atoms with Crippen molar-refractivity contribution in [1.82, 2.24) is 0 Å². The van der Waals surface area contributed by atoms with Gasteiger partial charge in [-0.1, -0.05) is 6.92 Å². The molecule has 0 aliphatic heterocycles. The fourth-order valence-corrected chi connectivity index (χ4v) is 0.997. The molecular weight excluding hydrogens is 224 g/mol. The van der Waals surface area contributed by atoms with Gasteiger partial charge in [0.2, 0.25) is 11.6 Å². The monoisotopic (exact) mass is 233 g/mol. The van der Waals surface area contributed by atoms with Gasteiger partial charge < -0.3 is 9.84 Å². The van der Waals surface area contributed by atoms with Gasteiger partial charge in [0.25, 0.3) is 0 Å². The quantitative estimate of drug-likeness (QED) is 0.490. The zero-order chi connectivity index (χ0) is 12.3. The third kappa shape index (κ3) is 2.43. The van der Waals surface area contributed by atoms with Gasteiger partial charge >= 0.3 is 5.69 Å². The molecule has 1 aromatic carbocycles. The molecular formula is C9H9F2NO4. The number of benzene rings is 1. The van der Waals surface area contributed by atoms with E-state index in [1.165, 1.54) is 6.92 Å². The first-order chi connectivity index (χ1) is 7.47. The Hall–Kier alpha value is -1.76. The standard InChI is InChI=1S/C9H9F2NO4/c1-2-7(13)16-9-6(12(14)15)4-3-5(10)8(9)11/h3-4,7,13H,2H2,1H3. The third-order valence-electron chi connectivity index (χ3n) is 1.83. The number of halogens is 2. The molecule has 0 fully saturated rings. The van der Waals surface area contributed by atoms with Crippen LogP contribution in [-0.2, 0) is 0 Å². The van der Waals surface area contributed by atoms with Crippen molar-refractivity contribution in [3.63, 3.8) is 0 Å². The lowest BCUT2D eigenvalue weighted by atomic mass is 10.2. The fraction of sp³-hybridized carbons (Fsp3) is 0.333. The topological polar surface area (TPSA) is 72.6 Å². The molecule has 0 aliphatic carbocycles. The highest BCUT2D eigenvalue weighted by atomic mass is 19.2. The highest BCUT2D eigenvalue weighted by Gasteiger charge is 2.24. The maximum Gasteiger partial charge on any atom is 0.314 e. The van der Waals surface area contributed by atoms with Crippen molar-refractivity contribution in [2.45, 2.75) is 19.6 Å². The van der Waals surface area contributed by atoms with Crippen molar-refractivity contribution < 1.29 is 23.5 Å². The van der Waals surface area contributed by atoms with Gasteiger partial charge in [0.1, 0.15) is 0 Å². The number of nitrogens with zero attached hydrogens (tertiary/aromatic N) is 1.